The van der Waals surface area contributed by atoms with Crippen LogP contribution in [0.3, 0.4) is 0 Å². The Morgan fingerprint density at radius 3 is 2.60 bits per heavy atom. The Bertz CT molecular complexity index is 615. The molecule has 0 unspecified atom stereocenters. The summed E-state index contributed by atoms with van der Waals surface area (Å²) in [6.45, 7) is 1.73. The SMILES string of the molecule is Cc1ccc(C(=O)Nc2cccc(/C=C/C[O])c2)cc1. The topological polar surface area (TPSA) is 49.0 Å². The first-order chi connectivity index (χ1) is 9.69. The summed E-state index contributed by atoms with van der Waals surface area (Å²) >= 11 is 0. The Kier molecular flexibility index (Phi) is 4.69. The molecule has 2 aromatic carbocycles. The second-order valence-corrected chi connectivity index (χ2v) is 4.51. The fourth-order valence-corrected chi connectivity index (χ4v) is 1.81. The minimum absolute atomic E-state index is 0.144. The average Bonchev–Trinajstić information content (AvgIpc) is 2.46. The van der Waals surface area contributed by atoms with Gasteiger partial charge in [0.2, 0.25) is 0 Å². The smallest absolute Gasteiger partial charge is 0.255 e. The minimum atomic E-state index is -0.250. The quantitative estimate of drug-likeness (QED) is 0.901. The molecule has 101 valence electrons. The van der Waals surface area contributed by atoms with E-state index in [1.54, 1.807) is 24.3 Å². The van der Waals surface area contributed by atoms with Gasteiger partial charge in [-0.3, -0.25) is 4.79 Å². The van der Waals surface area contributed by atoms with Crippen molar-refractivity contribution < 1.29 is 9.90 Å². The molecule has 1 radical (unpaired) electrons. The zero-order chi connectivity index (χ0) is 14.4. The molecule has 1 amide bonds. The second kappa shape index (κ2) is 6.68. The molecule has 20 heavy (non-hydrogen) atoms. The molecular weight excluding hydrogens is 250 g/mol. The highest BCUT2D eigenvalue weighted by Gasteiger charge is 2.05. The molecule has 0 aliphatic carbocycles. The second-order valence-electron chi connectivity index (χ2n) is 4.51. The predicted molar refractivity (Wildman–Crippen MR) is 80.2 cm³/mol. The van der Waals surface area contributed by atoms with Gasteiger partial charge in [-0.05, 0) is 36.8 Å². The third-order valence-electron chi connectivity index (χ3n) is 2.86. The molecule has 0 saturated heterocycles. The van der Waals surface area contributed by atoms with Crippen LogP contribution in [0.4, 0.5) is 5.69 Å². The lowest BCUT2D eigenvalue weighted by Gasteiger charge is -2.06. The van der Waals surface area contributed by atoms with Crippen LogP contribution < -0.4 is 5.32 Å². The van der Waals surface area contributed by atoms with E-state index in [0.29, 0.717) is 11.3 Å². The number of carbonyl (C=O) groups is 1. The molecule has 0 aliphatic rings. The molecule has 0 aliphatic heterocycles. The van der Waals surface area contributed by atoms with Gasteiger partial charge in [0.15, 0.2) is 0 Å². The van der Waals surface area contributed by atoms with Crippen molar-refractivity contribution in [2.45, 2.75) is 6.92 Å². The Morgan fingerprint density at radius 2 is 1.90 bits per heavy atom. The van der Waals surface area contributed by atoms with E-state index in [1.165, 1.54) is 0 Å². The van der Waals surface area contributed by atoms with Crippen molar-refractivity contribution in [3.8, 4) is 0 Å². The Morgan fingerprint density at radius 1 is 1.15 bits per heavy atom. The van der Waals surface area contributed by atoms with Crippen LogP contribution in [0.15, 0.2) is 54.6 Å². The largest absolute Gasteiger partial charge is 0.322 e. The normalized spacial score (nSPS) is 10.7. The van der Waals surface area contributed by atoms with Gasteiger partial charge in [0.1, 0.15) is 6.61 Å². The molecule has 0 spiro atoms. The number of nitrogens with one attached hydrogen (secondary N) is 1. The van der Waals surface area contributed by atoms with E-state index in [0.717, 1.165) is 11.1 Å². The summed E-state index contributed by atoms with van der Waals surface area (Å²) in [5, 5.41) is 13.3. The van der Waals surface area contributed by atoms with Crippen LogP contribution in [-0.4, -0.2) is 12.5 Å². The van der Waals surface area contributed by atoms with Crippen molar-refractivity contribution in [3.05, 3.63) is 71.3 Å². The van der Waals surface area contributed by atoms with Crippen LogP contribution in [0.5, 0.6) is 0 Å². The molecule has 1 N–H and O–H groups in total. The van der Waals surface area contributed by atoms with Crippen molar-refractivity contribution in [2.75, 3.05) is 11.9 Å². The van der Waals surface area contributed by atoms with Crippen LogP contribution in [0.2, 0.25) is 0 Å². The fraction of sp³-hybridized carbons (Fsp3) is 0.118. The fourth-order valence-electron chi connectivity index (χ4n) is 1.81. The lowest BCUT2D eigenvalue weighted by Crippen LogP contribution is -2.11. The van der Waals surface area contributed by atoms with Gasteiger partial charge in [0, 0.05) is 11.3 Å². The highest BCUT2D eigenvalue weighted by Crippen LogP contribution is 2.14. The number of anilines is 1. The summed E-state index contributed by atoms with van der Waals surface area (Å²) < 4.78 is 0. The van der Waals surface area contributed by atoms with Crippen LogP contribution in [0, 0.1) is 6.92 Å². The number of amides is 1. The summed E-state index contributed by atoms with van der Waals surface area (Å²) in [7, 11) is 0. The van der Waals surface area contributed by atoms with E-state index in [-0.39, 0.29) is 12.5 Å². The highest BCUT2D eigenvalue weighted by molar-refractivity contribution is 6.04. The Hall–Kier alpha value is -2.39. The Labute approximate surface area is 118 Å². The predicted octanol–water partition coefficient (Wildman–Crippen LogP) is 3.69. The van der Waals surface area contributed by atoms with E-state index in [4.69, 9.17) is 0 Å². The molecular formula is C17H16NO2. The van der Waals surface area contributed by atoms with E-state index >= 15 is 0 Å². The number of carbonyl (C=O) groups excluding carboxylic acids is 1. The van der Waals surface area contributed by atoms with Crippen LogP contribution in [0.25, 0.3) is 6.08 Å². The first-order valence-electron chi connectivity index (χ1n) is 6.42. The molecule has 2 aromatic rings. The molecule has 3 heteroatoms. The lowest BCUT2D eigenvalue weighted by molar-refractivity contribution is 0.102. The van der Waals surface area contributed by atoms with E-state index in [9.17, 15) is 9.90 Å². The van der Waals surface area contributed by atoms with Gasteiger partial charge in [0.25, 0.3) is 5.91 Å². The number of rotatable bonds is 4. The summed E-state index contributed by atoms with van der Waals surface area (Å²) in [4.78, 5) is 12.1. The zero-order valence-corrected chi connectivity index (χ0v) is 11.3. The molecule has 0 atom stereocenters. The van der Waals surface area contributed by atoms with Gasteiger partial charge in [0.05, 0.1) is 0 Å². The number of benzene rings is 2. The third-order valence-corrected chi connectivity index (χ3v) is 2.86. The van der Waals surface area contributed by atoms with Crippen molar-refractivity contribution in [2.24, 2.45) is 0 Å². The first kappa shape index (κ1) is 14.0. The molecule has 0 bridgehead atoms. The molecule has 0 fully saturated rings. The van der Waals surface area contributed by atoms with Crippen molar-refractivity contribution in [1.29, 1.82) is 0 Å². The van der Waals surface area contributed by atoms with E-state index in [1.807, 2.05) is 43.3 Å². The van der Waals surface area contributed by atoms with Gasteiger partial charge < -0.3 is 5.32 Å². The van der Waals surface area contributed by atoms with Crippen molar-refractivity contribution in [3.63, 3.8) is 0 Å². The lowest BCUT2D eigenvalue weighted by atomic mass is 10.1. The molecule has 0 saturated carbocycles. The standard InChI is InChI=1S/C17H16NO2/c1-13-7-9-15(10-8-13)17(20)18-16-6-2-4-14(12-16)5-3-11-19/h2-10,12H,11H2,1H3,(H,18,20)/b5-3+. The summed E-state index contributed by atoms with van der Waals surface area (Å²) in [5.41, 5.74) is 3.34. The van der Waals surface area contributed by atoms with Crippen LogP contribution in [-0.2, 0) is 5.11 Å². The molecule has 2 rings (SSSR count). The maximum Gasteiger partial charge on any atom is 0.255 e. The first-order valence-corrected chi connectivity index (χ1v) is 6.42. The molecule has 3 nitrogen and oxygen atoms in total. The number of aryl methyl sites for hydroxylation is 1. The highest BCUT2D eigenvalue weighted by atomic mass is 16.2. The van der Waals surface area contributed by atoms with Gasteiger partial charge in [-0.2, -0.15) is 0 Å². The van der Waals surface area contributed by atoms with Gasteiger partial charge in [-0.25, -0.2) is 5.11 Å². The summed E-state index contributed by atoms with van der Waals surface area (Å²) in [5.74, 6) is -0.144. The van der Waals surface area contributed by atoms with Crippen LogP contribution in [0.1, 0.15) is 21.5 Å². The molecule has 0 heterocycles. The Balaban J connectivity index is 2.11. The van der Waals surface area contributed by atoms with Gasteiger partial charge in [-0.1, -0.05) is 42.0 Å². The average molecular weight is 266 g/mol. The summed E-state index contributed by atoms with van der Waals surface area (Å²) in [6.07, 6.45) is 3.29. The number of hydrogen-bond acceptors (Lipinski definition) is 1. The minimum Gasteiger partial charge on any atom is -0.322 e. The maximum atomic E-state index is 12.1. The van der Waals surface area contributed by atoms with Crippen LogP contribution >= 0.6 is 0 Å². The number of hydrogen-bond donors (Lipinski definition) is 1. The van der Waals surface area contributed by atoms with Gasteiger partial charge in [-0.15, -0.1) is 0 Å². The zero-order valence-electron chi connectivity index (χ0n) is 11.3. The van der Waals surface area contributed by atoms with Gasteiger partial charge >= 0.3 is 0 Å². The van der Waals surface area contributed by atoms with E-state index < -0.39 is 0 Å². The molecule has 0 aromatic heterocycles. The van der Waals surface area contributed by atoms with Crippen molar-refractivity contribution >= 4 is 17.7 Å². The van der Waals surface area contributed by atoms with Crippen molar-refractivity contribution in [1.82, 2.24) is 0 Å². The third kappa shape index (κ3) is 3.80. The summed E-state index contributed by atoms with van der Waals surface area (Å²) in [6, 6.07) is 14.8. The monoisotopic (exact) mass is 266 g/mol. The van der Waals surface area contributed by atoms with E-state index in [2.05, 4.69) is 5.32 Å². The maximum absolute atomic E-state index is 12.1.